The van der Waals surface area contributed by atoms with Gasteiger partial charge in [0.25, 0.3) is 0 Å². The fraction of sp³-hybridized carbons (Fsp3) is 0.692. The molecule has 2 N–H and O–H groups in total. The normalized spacial score (nSPS) is 17.1. The third-order valence-corrected chi connectivity index (χ3v) is 3.31. The van der Waals surface area contributed by atoms with Crippen molar-refractivity contribution < 1.29 is 4.79 Å². The Kier molecular flexibility index (Phi) is 4.42. The minimum absolute atomic E-state index is 0.118. The SMILES string of the molecule is CC(C)CN1CCN(C(=O)Cn2ccc(N)n2)CC1. The zero-order valence-electron chi connectivity index (χ0n) is 11.7. The lowest BCUT2D eigenvalue weighted by atomic mass is 10.2. The molecular weight excluding hydrogens is 242 g/mol. The average Bonchev–Trinajstić information content (AvgIpc) is 2.75. The molecule has 6 heteroatoms. The van der Waals surface area contributed by atoms with Crippen molar-refractivity contribution in [1.82, 2.24) is 19.6 Å². The van der Waals surface area contributed by atoms with Crippen LogP contribution in [0.2, 0.25) is 0 Å². The third-order valence-electron chi connectivity index (χ3n) is 3.31. The number of nitrogens with two attached hydrogens (primary N) is 1. The highest BCUT2D eigenvalue weighted by molar-refractivity contribution is 5.76. The van der Waals surface area contributed by atoms with E-state index in [1.165, 1.54) is 0 Å². The van der Waals surface area contributed by atoms with E-state index in [1.807, 2.05) is 4.90 Å². The molecule has 2 heterocycles. The molecule has 0 atom stereocenters. The van der Waals surface area contributed by atoms with E-state index in [9.17, 15) is 4.79 Å². The number of carbonyl (C=O) groups excluding carboxylic acids is 1. The number of hydrogen-bond acceptors (Lipinski definition) is 4. The number of aromatic nitrogens is 2. The Bertz CT molecular complexity index is 420. The molecule has 1 saturated heterocycles. The van der Waals surface area contributed by atoms with E-state index in [0.717, 1.165) is 32.7 Å². The summed E-state index contributed by atoms with van der Waals surface area (Å²) in [7, 11) is 0. The van der Waals surface area contributed by atoms with Crippen molar-refractivity contribution >= 4 is 11.7 Å². The summed E-state index contributed by atoms with van der Waals surface area (Å²) in [4.78, 5) is 16.4. The molecule has 0 unspecified atom stereocenters. The van der Waals surface area contributed by atoms with Gasteiger partial charge in [0.1, 0.15) is 12.4 Å². The van der Waals surface area contributed by atoms with Gasteiger partial charge in [-0.25, -0.2) is 0 Å². The van der Waals surface area contributed by atoms with E-state index in [0.29, 0.717) is 11.7 Å². The molecule has 0 aliphatic carbocycles. The monoisotopic (exact) mass is 265 g/mol. The molecule has 6 nitrogen and oxygen atoms in total. The number of anilines is 1. The molecule has 0 spiro atoms. The summed E-state index contributed by atoms with van der Waals surface area (Å²) >= 11 is 0. The molecule has 1 aliphatic rings. The number of nitrogens with zero attached hydrogens (tertiary/aromatic N) is 4. The second-order valence-electron chi connectivity index (χ2n) is 5.51. The predicted octanol–water partition coefficient (Wildman–Crippen LogP) is 0.266. The van der Waals surface area contributed by atoms with Gasteiger partial charge < -0.3 is 10.6 Å². The molecular formula is C13H23N5O. The minimum atomic E-state index is 0.118. The van der Waals surface area contributed by atoms with E-state index >= 15 is 0 Å². The number of amides is 1. The Hall–Kier alpha value is -1.56. The third kappa shape index (κ3) is 3.96. The number of carbonyl (C=O) groups is 1. The smallest absolute Gasteiger partial charge is 0.244 e. The lowest BCUT2D eigenvalue weighted by molar-refractivity contribution is -0.133. The van der Waals surface area contributed by atoms with Gasteiger partial charge in [0.2, 0.25) is 5.91 Å². The summed E-state index contributed by atoms with van der Waals surface area (Å²) in [5, 5.41) is 4.04. The van der Waals surface area contributed by atoms with Gasteiger partial charge in [-0.1, -0.05) is 13.8 Å². The quantitative estimate of drug-likeness (QED) is 0.848. The summed E-state index contributed by atoms with van der Waals surface area (Å²) < 4.78 is 1.60. The van der Waals surface area contributed by atoms with Gasteiger partial charge in [0.05, 0.1) is 0 Å². The van der Waals surface area contributed by atoms with Crippen molar-refractivity contribution in [1.29, 1.82) is 0 Å². The molecule has 0 bridgehead atoms. The van der Waals surface area contributed by atoms with Crippen LogP contribution in [0.25, 0.3) is 0 Å². The van der Waals surface area contributed by atoms with Gasteiger partial charge in [-0.05, 0) is 12.0 Å². The van der Waals surface area contributed by atoms with Gasteiger partial charge in [-0.3, -0.25) is 14.4 Å². The first kappa shape index (κ1) is 13.9. The second kappa shape index (κ2) is 6.06. The molecule has 0 aromatic carbocycles. The van der Waals surface area contributed by atoms with Crippen LogP contribution in [0.5, 0.6) is 0 Å². The summed E-state index contributed by atoms with van der Waals surface area (Å²) in [6, 6.07) is 1.70. The van der Waals surface area contributed by atoms with Crippen LogP contribution in [-0.4, -0.2) is 58.2 Å². The van der Waals surface area contributed by atoms with Gasteiger partial charge in [-0.2, -0.15) is 5.10 Å². The van der Waals surface area contributed by atoms with Crippen molar-refractivity contribution in [3.05, 3.63) is 12.3 Å². The Balaban J connectivity index is 1.79. The Morgan fingerprint density at radius 1 is 1.37 bits per heavy atom. The van der Waals surface area contributed by atoms with Gasteiger partial charge in [-0.15, -0.1) is 0 Å². The topological polar surface area (TPSA) is 67.4 Å². The van der Waals surface area contributed by atoms with Crippen LogP contribution in [0.15, 0.2) is 12.3 Å². The summed E-state index contributed by atoms with van der Waals surface area (Å²) in [5.41, 5.74) is 5.53. The molecule has 0 radical (unpaired) electrons. The molecule has 1 fully saturated rings. The van der Waals surface area contributed by atoms with Crippen molar-refractivity contribution in [3.63, 3.8) is 0 Å². The number of hydrogen-bond donors (Lipinski definition) is 1. The molecule has 1 aromatic heterocycles. The highest BCUT2D eigenvalue weighted by Crippen LogP contribution is 2.06. The first-order chi connectivity index (χ1) is 9.04. The average molecular weight is 265 g/mol. The molecule has 106 valence electrons. The van der Waals surface area contributed by atoms with Crippen molar-refractivity contribution in [2.24, 2.45) is 5.92 Å². The number of piperazine rings is 1. The maximum atomic E-state index is 12.1. The highest BCUT2D eigenvalue weighted by Gasteiger charge is 2.21. The Morgan fingerprint density at radius 3 is 2.58 bits per heavy atom. The fourth-order valence-corrected chi connectivity index (χ4v) is 2.40. The van der Waals surface area contributed by atoms with Crippen LogP contribution < -0.4 is 5.73 Å². The van der Waals surface area contributed by atoms with Crippen LogP contribution in [0, 0.1) is 5.92 Å². The standard InChI is InChI=1S/C13H23N5O/c1-11(2)9-16-5-7-17(8-6-16)13(19)10-18-4-3-12(14)15-18/h3-4,11H,5-10H2,1-2H3,(H2,14,15). The van der Waals surface area contributed by atoms with E-state index < -0.39 is 0 Å². The lowest BCUT2D eigenvalue weighted by Crippen LogP contribution is -2.50. The Labute approximate surface area is 114 Å². The maximum Gasteiger partial charge on any atom is 0.244 e. The summed E-state index contributed by atoms with van der Waals surface area (Å²) in [5.74, 6) is 1.25. The molecule has 0 saturated carbocycles. The van der Waals surface area contributed by atoms with Crippen LogP contribution in [0.1, 0.15) is 13.8 Å². The lowest BCUT2D eigenvalue weighted by Gasteiger charge is -2.35. The molecule has 2 rings (SSSR count). The van der Waals surface area contributed by atoms with Crippen LogP contribution >= 0.6 is 0 Å². The second-order valence-corrected chi connectivity index (χ2v) is 5.51. The Morgan fingerprint density at radius 2 is 2.05 bits per heavy atom. The largest absolute Gasteiger partial charge is 0.382 e. The van der Waals surface area contributed by atoms with Crippen molar-refractivity contribution in [2.75, 3.05) is 38.5 Å². The van der Waals surface area contributed by atoms with Crippen molar-refractivity contribution in [3.8, 4) is 0 Å². The van der Waals surface area contributed by atoms with E-state index in [2.05, 4.69) is 23.8 Å². The molecule has 19 heavy (non-hydrogen) atoms. The highest BCUT2D eigenvalue weighted by atomic mass is 16.2. The number of rotatable bonds is 4. The van der Waals surface area contributed by atoms with E-state index in [1.54, 1.807) is 16.9 Å². The molecule has 1 amide bonds. The first-order valence-electron chi connectivity index (χ1n) is 6.83. The van der Waals surface area contributed by atoms with E-state index in [-0.39, 0.29) is 12.5 Å². The van der Waals surface area contributed by atoms with Crippen molar-refractivity contribution in [2.45, 2.75) is 20.4 Å². The summed E-state index contributed by atoms with van der Waals surface area (Å²) in [6.07, 6.45) is 1.74. The zero-order chi connectivity index (χ0) is 13.8. The predicted molar refractivity (Wildman–Crippen MR) is 74.5 cm³/mol. The minimum Gasteiger partial charge on any atom is -0.382 e. The summed E-state index contributed by atoms with van der Waals surface area (Å²) in [6.45, 7) is 9.37. The fourth-order valence-electron chi connectivity index (χ4n) is 2.40. The van der Waals surface area contributed by atoms with Gasteiger partial charge >= 0.3 is 0 Å². The molecule has 1 aromatic rings. The van der Waals surface area contributed by atoms with Crippen LogP contribution in [0.3, 0.4) is 0 Å². The van der Waals surface area contributed by atoms with E-state index in [4.69, 9.17) is 5.73 Å². The molecule has 1 aliphatic heterocycles. The van der Waals surface area contributed by atoms with Crippen LogP contribution in [0.4, 0.5) is 5.82 Å². The van der Waals surface area contributed by atoms with Crippen LogP contribution in [-0.2, 0) is 11.3 Å². The van der Waals surface area contributed by atoms with Gasteiger partial charge in [0.15, 0.2) is 0 Å². The number of nitrogen functional groups attached to an aromatic ring is 1. The van der Waals surface area contributed by atoms with Gasteiger partial charge in [0, 0.05) is 38.9 Å². The maximum absolute atomic E-state index is 12.1. The first-order valence-corrected chi connectivity index (χ1v) is 6.83. The zero-order valence-corrected chi connectivity index (χ0v) is 11.7.